The number of carboxylic acid groups (broad SMARTS) is 1. The van der Waals surface area contributed by atoms with Crippen LogP contribution in [0.5, 0.6) is 0 Å². The zero-order valence-corrected chi connectivity index (χ0v) is 5.01. The number of rotatable bonds is 2. The molecule has 1 aromatic rings. The third kappa shape index (κ3) is 1.28. The number of hydrogen-bond donors (Lipinski definition) is 2. The summed E-state index contributed by atoms with van der Waals surface area (Å²) in [5.41, 5.74) is 0. The highest BCUT2D eigenvalue weighted by atomic mass is 16.6. The van der Waals surface area contributed by atoms with Gasteiger partial charge in [-0.2, -0.15) is 0 Å². The molecule has 8 heteroatoms. The Morgan fingerprint density at radius 1 is 1.73 bits per heavy atom. The molecule has 11 heavy (non-hydrogen) atoms. The smallest absolute Gasteiger partial charge is 0.454 e. The van der Waals surface area contributed by atoms with Crippen LogP contribution in [-0.2, 0) is 0 Å². The SMILES string of the molecule is O=C(O)c1n[nH]c([N+](=O)[O-])n1. The summed E-state index contributed by atoms with van der Waals surface area (Å²) in [6.45, 7) is 0. The fourth-order valence-corrected chi connectivity index (χ4v) is 0.431. The zero-order chi connectivity index (χ0) is 8.43. The average Bonchev–Trinajstić information content (AvgIpc) is 2.33. The molecule has 0 fully saturated rings. The predicted octanol–water partition coefficient (Wildman–Crippen LogP) is -0.589. The first-order valence-corrected chi connectivity index (χ1v) is 2.41. The molecule has 0 spiro atoms. The number of nitrogens with one attached hydrogen (secondary N) is 1. The number of carboxylic acids is 1. The molecule has 8 nitrogen and oxygen atoms in total. The first-order valence-electron chi connectivity index (χ1n) is 2.41. The normalized spacial score (nSPS) is 9.45. The van der Waals surface area contributed by atoms with E-state index in [1.165, 1.54) is 0 Å². The van der Waals surface area contributed by atoms with Crippen LogP contribution in [-0.4, -0.2) is 31.2 Å². The molecule has 1 rings (SSSR count). The van der Waals surface area contributed by atoms with Gasteiger partial charge in [-0.05, 0) is 9.91 Å². The van der Waals surface area contributed by atoms with Crippen LogP contribution in [0.2, 0.25) is 0 Å². The molecule has 0 saturated carbocycles. The molecular weight excluding hydrogens is 156 g/mol. The molecule has 0 unspecified atom stereocenters. The summed E-state index contributed by atoms with van der Waals surface area (Å²) in [5, 5.41) is 23.0. The number of carbonyl (C=O) groups is 1. The lowest BCUT2D eigenvalue weighted by Gasteiger charge is -1.83. The minimum Gasteiger partial charge on any atom is -0.474 e. The summed E-state index contributed by atoms with van der Waals surface area (Å²) in [6.07, 6.45) is 0. The molecule has 1 aromatic heterocycles. The van der Waals surface area contributed by atoms with Crippen molar-refractivity contribution < 1.29 is 14.8 Å². The summed E-state index contributed by atoms with van der Waals surface area (Å²) in [7, 11) is 0. The van der Waals surface area contributed by atoms with Crippen molar-refractivity contribution in [2.75, 3.05) is 0 Å². The van der Waals surface area contributed by atoms with E-state index in [0.717, 1.165) is 0 Å². The van der Waals surface area contributed by atoms with E-state index in [2.05, 4.69) is 10.1 Å². The summed E-state index contributed by atoms with van der Waals surface area (Å²) in [4.78, 5) is 22.2. The van der Waals surface area contributed by atoms with Crippen molar-refractivity contribution in [1.82, 2.24) is 15.2 Å². The van der Waals surface area contributed by atoms with Crippen molar-refractivity contribution in [3.8, 4) is 0 Å². The van der Waals surface area contributed by atoms with Crippen molar-refractivity contribution in [3.05, 3.63) is 15.9 Å². The van der Waals surface area contributed by atoms with Gasteiger partial charge in [0.25, 0.3) is 0 Å². The van der Waals surface area contributed by atoms with Gasteiger partial charge in [-0.25, -0.2) is 4.79 Å². The van der Waals surface area contributed by atoms with E-state index in [-0.39, 0.29) is 0 Å². The number of aromatic carboxylic acids is 1. The Kier molecular flexibility index (Phi) is 1.51. The van der Waals surface area contributed by atoms with Gasteiger partial charge in [0.2, 0.25) is 0 Å². The molecule has 0 bridgehead atoms. The fourth-order valence-electron chi connectivity index (χ4n) is 0.431. The van der Waals surface area contributed by atoms with Gasteiger partial charge in [0.05, 0.1) is 0 Å². The first-order chi connectivity index (χ1) is 5.11. The van der Waals surface area contributed by atoms with Gasteiger partial charge in [0.15, 0.2) is 0 Å². The van der Waals surface area contributed by atoms with E-state index in [9.17, 15) is 14.9 Å². The highest BCUT2D eigenvalue weighted by molar-refractivity contribution is 5.83. The van der Waals surface area contributed by atoms with Crippen LogP contribution in [0, 0.1) is 10.1 Å². The number of aromatic amines is 1. The molecule has 0 atom stereocenters. The second-order valence-corrected chi connectivity index (χ2v) is 1.54. The third-order valence-corrected chi connectivity index (χ3v) is 0.838. The summed E-state index contributed by atoms with van der Waals surface area (Å²) >= 11 is 0. The Balaban J connectivity index is 2.99. The van der Waals surface area contributed by atoms with Gasteiger partial charge >= 0.3 is 17.7 Å². The molecule has 0 saturated heterocycles. The van der Waals surface area contributed by atoms with E-state index in [0.29, 0.717) is 0 Å². The maximum Gasteiger partial charge on any atom is 0.454 e. The van der Waals surface area contributed by atoms with E-state index >= 15 is 0 Å². The van der Waals surface area contributed by atoms with E-state index < -0.39 is 22.7 Å². The predicted molar refractivity (Wildman–Crippen MR) is 30.0 cm³/mol. The van der Waals surface area contributed by atoms with Crippen LogP contribution in [0.25, 0.3) is 0 Å². The fraction of sp³-hybridized carbons (Fsp3) is 0. The van der Waals surface area contributed by atoms with Crippen LogP contribution < -0.4 is 0 Å². The number of hydrogen-bond acceptors (Lipinski definition) is 5. The molecule has 0 amide bonds. The molecule has 0 aliphatic rings. The molecule has 2 N–H and O–H groups in total. The van der Waals surface area contributed by atoms with Gasteiger partial charge in [0, 0.05) is 0 Å². The van der Waals surface area contributed by atoms with Crippen molar-refractivity contribution in [3.63, 3.8) is 0 Å². The highest BCUT2D eigenvalue weighted by Gasteiger charge is 2.19. The Morgan fingerprint density at radius 2 is 2.36 bits per heavy atom. The third-order valence-electron chi connectivity index (χ3n) is 0.838. The Bertz CT molecular complexity index is 276. The highest BCUT2D eigenvalue weighted by Crippen LogP contribution is 2.00. The monoisotopic (exact) mass is 158 g/mol. The maximum atomic E-state index is 10.1. The molecule has 0 radical (unpaired) electrons. The average molecular weight is 158 g/mol. The van der Waals surface area contributed by atoms with E-state index in [4.69, 9.17) is 5.11 Å². The van der Waals surface area contributed by atoms with E-state index in [1.54, 1.807) is 0 Å². The minimum absolute atomic E-state index is 0.614. The van der Waals surface area contributed by atoms with E-state index in [1.807, 2.05) is 5.10 Å². The molecule has 0 aliphatic heterocycles. The van der Waals surface area contributed by atoms with Crippen molar-refractivity contribution >= 4 is 11.9 Å². The summed E-state index contributed by atoms with van der Waals surface area (Å²) < 4.78 is 0. The van der Waals surface area contributed by atoms with Gasteiger partial charge < -0.3 is 15.2 Å². The van der Waals surface area contributed by atoms with Gasteiger partial charge in [0.1, 0.15) is 0 Å². The first kappa shape index (κ1) is 7.12. The topological polar surface area (TPSA) is 122 Å². The molecule has 1 heterocycles. The van der Waals surface area contributed by atoms with Crippen LogP contribution in [0.1, 0.15) is 10.6 Å². The number of nitro groups is 1. The van der Waals surface area contributed by atoms with Crippen LogP contribution >= 0.6 is 0 Å². The van der Waals surface area contributed by atoms with Crippen LogP contribution in [0.4, 0.5) is 5.95 Å². The zero-order valence-electron chi connectivity index (χ0n) is 5.01. The van der Waals surface area contributed by atoms with Crippen molar-refractivity contribution in [2.24, 2.45) is 0 Å². The number of nitrogens with zero attached hydrogens (tertiary/aromatic N) is 3. The lowest BCUT2D eigenvalue weighted by molar-refractivity contribution is -0.394. The summed E-state index contributed by atoms with van der Waals surface area (Å²) in [6, 6.07) is 0. The number of aromatic nitrogens is 3. The second kappa shape index (κ2) is 2.33. The Labute approximate surface area is 59.0 Å². The molecular formula is C3H2N4O4. The summed E-state index contributed by atoms with van der Waals surface area (Å²) in [5.74, 6) is -2.70. The standard InChI is InChI=1S/C3H2N4O4/c8-2(9)1-4-3(6-5-1)7(10)11/h(H,8,9)(H,4,5,6). The van der Waals surface area contributed by atoms with Crippen molar-refractivity contribution in [2.45, 2.75) is 0 Å². The van der Waals surface area contributed by atoms with Crippen LogP contribution in [0.3, 0.4) is 0 Å². The molecule has 0 aromatic carbocycles. The lowest BCUT2D eigenvalue weighted by Crippen LogP contribution is -1.98. The quantitative estimate of drug-likeness (QED) is 0.438. The molecule has 58 valence electrons. The Morgan fingerprint density at radius 3 is 2.64 bits per heavy atom. The second-order valence-electron chi connectivity index (χ2n) is 1.54. The van der Waals surface area contributed by atoms with Gasteiger partial charge in [-0.15, -0.1) is 5.10 Å². The minimum atomic E-state index is -1.41. The van der Waals surface area contributed by atoms with Crippen LogP contribution in [0.15, 0.2) is 0 Å². The maximum absolute atomic E-state index is 10.1. The Hall–Kier alpha value is -1.99. The van der Waals surface area contributed by atoms with Crippen molar-refractivity contribution in [1.29, 1.82) is 0 Å². The van der Waals surface area contributed by atoms with Gasteiger partial charge in [-0.1, -0.05) is 5.10 Å². The number of H-pyrrole nitrogens is 1. The largest absolute Gasteiger partial charge is 0.474 e. The molecule has 0 aliphatic carbocycles. The van der Waals surface area contributed by atoms with Gasteiger partial charge in [-0.3, -0.25) is 0 Å². The lowest BCUT2D eigenvalue weighted by atomic mass is 10.6.